The molecule has 20 heavy (non-hydrogen) atoms. The van der Waals surface area contributed by atoms with Crippen molar-refractivity contribution in [2.24, 2.45) is 0 Å². The lowest BCUT2D eigenvalue weighted by Gasteiger charge is -2.15. The van der Waals surface area contributed by atoms with E-state index in [0.29, 0.717) is 13.2 Å². The van der Waals surface area contributed by atoms with Crippen molar-refractivity contribution in [3.8, 4) is 0 Å². The van der Waals surface area contributed by atoms with Crippen LogP contribution in [0.3, 0.4) is 0 Å². The van der Waals surface area contributed by atoms with E-state index in [-0.39, 0.29) is 17.9 Å². The maximum atomic E-state index is 11.9. The zero-order valence-electron chi connectivity index (χ0n) is 12.3. The molecule has 5 nitrogen and oxygen atoms in total. The van der Waals surface area contributed by atoms with Crippen molar-refractivity contribution in [3.05, 3.63) is 10.6 Å². The van der Waals surface area contributed by atoms with E-state index in [0.717, 1.165) is 30.1 Å². The number of aromatic nitrogens is 1. The summed E-state index contributed by atoms with van der Waals surface area (Å²) >= 11 is 1.65. The average molecular weight is 298 g/mol. The molecule has 0 fully saturated rings. The van der Waals surface area contributed by atoms with Gasteiger partial charge in [-0.1, -0.05) is 6.92 Å². The quantitative estimate of drug-likeness (QED) is 0.784. The number of nitrogens with zero attached hydrogens (tertiary/aromatic N) is 1. The van der Waals surface area contributed by atoms with E-state index in [1.807, 2.05) is 6.92 Å². The summed E-state index contributed by atoms with van der Waals surface area (Å²) in [7, 11) is 1.70. The molecule has 6 heteroatoms. The second kappa shape index (κ2) is 7.04. The molecule has 1 aliphatic carbocycles. The van der Waals surface area contributed by atoms with E-state index in [1.54, 1.807) is 18.4 Å². The molecule has 0 amide bonds. The summed E-state index contributed by atoms with van der Waals surface area (Å²) in [6.07, 6.45) is 2.71. The monoisotopic (exact) mass is 298 g/mol. The summed E-state index contributed by atoms with van der Waals surface area (Å²) in [5, 5.41) is 4.26. The van der Waals surface area contributed by atoms with Gasteiger partial charge in [0.15, 0.2) is 5.13 Å². The molecule has 0 aromatic carbocycles. The van der Waals surface area contributed by atoms with Crippen molar-refractivity contribution >= 4 is 22.4 Å². The molecule has 0 bridgehead atoms. The normalized spacial score (nSPS) is 18.6. The van der Waals surface area contributed by atoms with E-state index in [9.17, 15) is 4.79 Å². The zero-order chi connectivity index (χ0) is 14.5. The minimum absolute atomic E-state index is 0.146. The van der Waals surface area contributed by atoms with Gasteiger partial charge in [0.2, 0.25) is 0 Å². The number of esters is 1. The van der Waals surface area contributed by atoms with Crippen LogP contribution < -0.4 is 5.32 Å². The van der Waals surface area contributed by atoms with Crippen molar-refractivity contribution in [3.63, 3.8) is 0 Å². The van der Waals surface area contributed by atoms with Gasteiger partial charge in [0.05, 0.1) is 24.9 Å². The number of aryl methyl sites for hydroxylation is 1. The molecule has 2 atom stereocenters. The number of rotatable bonds is 7. The standard InChI is InChI=1S/C14H22N2O3S/c1-4-9(8-18-3)15-14-16-12-10(13(17)19-5-2)6-7-11(12)20-14/h9-10H,4-8H2,1-3H3,(H,15,16). The first-order valence-corrected chi connectivity index (χ1v) is 7.92. The van der Waals surface area contributed by atoms with Crippen LogP contribution in [0.5, 0.6) is 0 Å². The molecule has 112 valence electrons. The summed E-state index contributed by atoms with van der Waals surface area (Å²) in [6, 6.07) is 0.257. The fourth-order valence-corrected chi connectivity index (χ4v) is 3.51. The first kappa shape index (κ1) is 15.3. The predicted molar refractivity (Wildman–Crippen MR) is 79.4 cm³/mol. The first-order chi connectivity index (χ1) is 9.69. The Kier molecular flexibility index (Phi) is 5.37. The second-order valence-corrected chi connectivity index (χ2v) is 5.96. The number of hydrogen-bond acceptors (Lipinski definition) is 6. The Morgan fingerprint density at radius 1 is 1.55 bits per heavy atom. The van der Waals surface area contributed by atoms with Gasteiger partial charge < -0.3 is 14.8 Å². The predicted octanol–water partition coefficient (Wildman–Crippen LogP) is 2.57. The average Bonchev–Trinajstić information content (AvgIpc) is 2.97. The molecular weight excluding hydrogens is 276 g/mol. The molecule has 0 saturated carbocycles. The van der Waals surface area contributed by atoms with Crippen LogP contribution in [0.25, 0.3) is 0 Å². The van der Waals surface area contributed by atoms with Crippen LogP contribution in [0.4, 0.5) is 5.13 Å². The largest absolute Gasteiger partial charge is 0.465 e. The van der Waals surface area contributed by atoms with Gasteiger partial charge in [-0.2, -0.15) is 0 Å². The van der Waals surface area contributed by atoms with E-state index >= 15 is 0 Å². The van der Waals surface area contributed by atoms with Crippen LogP contribution in [0.15, 0.2) is 0 Å². The number of nitrogens with one attached hydrogen (secondary N) is 1. The highest BCUT2D eigenvalue weighted by molar-refractivity contribution is 7.15. The number of thiazole rings is 1. The molecule has 1 aromatic heterocycles. The molecule has 1 aliphatic rings. The topological polar surface area (TPSA) is 60.5 Å². The number of carbonyl (C=O) groups excluding carboxylic acids is 1. The third kappa shape index (κ3) is 3.30. The van der Waals surface area contributed by atoms with Crippen molar-refractivity contribution in [2.75, 3.05) is 25.6 Å². The Bertz CT molecular complexity index is 461. The first-order valence-electron chi connectivity index (χ1n) is 7.11. The van der Waals surface area contributed by atoms with Crippen LogP contribution in [-0.4, -0.2) is 37.3 Å². The lowest BCUT2D eigenvalue weighted by atomic mass is 10.1. The van der Waals surface area contributed by atoms with Crippen molar-refractivity contribution < 1.29 is 14.3 Å². The van der Waals surface area contributed by atoms with Crippen LogP contribution in [0, 0.1) is 0 Å². The summed E-state index contributed by atoms with van der Waals surface area (Å²) < 4.78 is 10.3. The SMILES string of the molecule is CCOC(=O)C1CCc2sc(NC(CC)COC)nc21. The van der Waals surface area contributed by atoms with E-state index in [1.165, 1.54) is 4.88 Å². The lowest BCUT2D eigenvalue weighted by molar-refractivity contribution is -0.145. The smallest absolute Gasteiger partial charge is 0.315 e. The van der Waals surface area contributed by atoms with Gasteiger partial charge in [0.1, 0.15) is 5.92 Å². The van der Waals surface area contributed by atoms with Gasteiger partial charge >= 0.3 is 5.97 Å². The molecule has 0 spiro atoms. The summed E-state index contributed by atoms with van der Waals surface area (Å²) in [6.45, 7) is 5.02. The summed E-state index contributed by atoms with van der Waals surface area (Å²) in [5.74, 6) is -0.328. The number of hydrogen-bond donors (Lipinski definition) is 1. The fraction of sp³-hybridized carbons (Fsp3) is 0.714. The lowest BCUT2D eigenvalue weighted by Crippen LogP contribution is -2.23. The molecule has 1 heterocycles. The number of carbonyl (C=O) groups is 1. The number of ether oxygens (including phenoxy) is 2. The Morgan fingerprint density at radius 3 is 3.00 bits per heavy atom. The van der Waals surface area contributed by atoms with Gasteiger partial charge in [-0.25, -0.2) is 4.98 Å². The minimum Gasteiger partial charge on any atom is -0.465 e. The third-order valence-corrected chi connectivity index (χ3v) is 4.54. The third-order valence-electron chi connectivity index (χ3n) is 3.48. The maximum absolute atomic E-state index is 11.9. The summed E-state index contributed by atoms with van der Waals surface area (Å²) in [5.41, 5.74) is 0.906. The summed E-state index contributed by atoms with van der Waals surface area (Å²) in [4.78, 5) is 17.7. The molecule has 0 saturated heterocycles. The van der Waals surface area contributed by atoms with Crippen molar-refractivity contribution in [2.45, 2.75) is 45.1 Å². The van der Waals surface area contributed by atoms with Gasteiger partial charge in [-0.05, 0) is 26.2 Å². The van der Waals surface area contributed by atoms with Gasteiger partial charge in [-0.3, -0.25) is 4.79 Å². The Morgan fingerprint density at radius 2 is 2.35 bits per heavy atom. The number of anilines is 1. The molecule has 2 unspecified atom stereocenters. The Labute approximate surface area is 123 Å². The van der Waals surface area contributed by atoms with Crippen LogP contribution >= 0.6 is 11.3 Å². The zero-order valence-corrected chi connectivity index (χ0v) is 13.1. The van der Waals surface area contributed by atoms with Crippen LogP contribution in [-0.2, 0) is 20.7 Å². The highest BCUT2D eigenvalue weighted by atomic mass is 32.1. The Balaban J connectivity index is 2.06. The Hall–Kier alpha value is -1.14. The number of methoxy groups -OCH3 is 1. The van der Waals surface area contributed by atoms with Crippen molar-refractivity contribution in [1.29, 1.82) is 0 Å². The van der Waals surface area contributed by atoms with Crippen LogP contribution in [0.2, 0.25) is 0 Å². The highest BCUT2D eigenvalue weighted by Crippen LogP contribution is 2.39. The van der Waals surface area contributed by atoms with Gasteiger partial charge in [0, 0.05) is 12.0 Å². The number of fused-ring (bicyclic) bond motifs is 1. The van der Waals surface area contributed by atoms with Crippen molar-refractivity contribution in [1.82, 2.24) is 4.98 Å². The maximum Gasteiger partial charge on any atom is 0.315 e. The minimum atomic E-state index is -0.181. The molecule has 1 N–H and O–H groups in total. The second-order valence-electron chi connectivity index (χ2n) is 4.88. The van der Waals surface area contributed by atoms with Gasteiger partial charge in [-0.15, -0.1) is 11.3 Å². The molecular formula is C14H22N2O3S. The van der Waals surface area contributed by atoms with Crippen LogP contribution in [0.1, 0.15) is 43.2 Å². The molecule has 0 aliphatic heterocycles. The highest BCUT2D eigenvalue weighted by Gasteiger charge is 2.33. The van der Waals surface area contributed by atoms with E-state index in [2.05, 4.69) is 17.2 Å². The van der Waals surface area contributed by atoms with E-state index < -0.39 is 0 Å². The molecule has 1 aromatic rings. The fourth-order valence-electron chi connectivity index (χ4n) is 2.40. The molecule has 2 rings (SSSR count). The van der Waals surface area contributed by atoms with E-state index in [4.69, 9.17) is 9.47 Å². The molecule has 0 radical (unpaired) electrons. The van der Waals surface area contributed by atoms with Gasteiger partial charge in [0.25, 0.3) is 0 Å².